The van der Waals surface area contributed by atoms with Gasteiger partial charge >= 0.3 is 5.97 Å². The number of carboxylic acid groups (broad SMARTS) is 1. The van der Waals surface area contributed by atoms with Crippen LogP contribution in [0.1, 0.15) is 15.2 Å². The molecule has 1 heterocycles. The lowest BCUT2D eigenvalue weighted by Crippen LogP contribution is -1.94. The summed E-state index contributed by atoms with van der Waals surface area (Å²) in [7, 11) is 1.58. The van der Waals surface area contributed by atoms with Gasteiger partial charge in [-0.1, -0.05) is 17.4 Å². The molecule has 5 nitrogen and oxygen atoms in total. The Kier molecular flexibility index (Phi) is 3.47. The molecule has 0 amide bonds. The molecule has 0 bridgehead atoms. The lowest BCUT2D eigenvalue weighted by Gasteiger charge is -2.09. The number of ether oxygens (including phenoxy) is 1. The maximum absolute atomic E-state index is 10.8. The predicted molar refractivity (Wildman–Crippen MR) is 70.1 cm³/mol. The topological polar surface area (TPSA) is 71.5 Å². The normalized spacial score (nSPS) is 10.1. The average Bonchev–Trinajstić information content (AvgIpc) is 2.78. The molecule has 0 aliphatic rings. The molecule has 0 fully saturated rings. The Bertz CT molecular complexity index is 580. The molecule has 0 saturated heterocycles. The first-order valence-electron chi connectivity index (χ1n) is 5.21. The number of thiazole rings is 1. The Morgan fingerprint density at radius 3 is 2.89 bits per heavy atom. The first-order chi connectivity index (χ1) is 8.60. The number of aryl methyl sites for hydroxylation is 1. The van der Waals surface area contributed by atoms with Gasteiger partial charge in [-0.3, -0.25) is 0 Å². The van der Waals surface area contributed by atoms with E-state index in [4.69, 9.17) is 9.84 Å². The van der Waals surface area contributed by atoms with E-state index >= 15 is 0 Å². The molecule has 0 unspecified atom stereocenters. The first-order valence-corrected chi connectivity index (χ1v) is 6.02. The summed E-state index contributed by atoms with van der Waals surface area (Å²) in [6.07, 6.45) is 1.33. The van der Waals surface area contributed by atoms with Gasteiger partial charge in [0.15, 0.2) is 5.13 Å². The highest BCUT2D eigenvalue weighted by molar-refractivity contribution is 7.17. The molecule has 2 aromatic rings. The number of methoxy groups -OCH3 is 1. The summed E-state index contributed by atoms with van der Waals surface area (Å²) < 4.78 is 5.22. The van der Waals surface area contributed by atoms with Gasteiger partial charge in [-0.25, -0.2) is 9.78 Å². The molecule has 2 rings (SSSR count). The van der Waals surface area contributed by atoms with Gasteiger partial charge < -0.3 is 15.2 Å². The van der Waals surface area contributed by atoms with E-state index in [1.54, 1.807) is 7.11 Å². The number of hydrogen-bond donors (Lipinski definition) is 2. The maximum atomic E-state index is 10.8. The molecular formula is C12H12N2O3S. The van der Waals surface area contributed by atoms with Crippen molar-refractivity contribution in [2.24, 2.45) is 0 Å². The van der Waals surface area contributed by atoms with Crippen LogP contribution in [0.2, 0.25) is 0 Å². The Morgan fingerprint density at radius 1 is 1.50 bits per heavy atom. The van der Waals surface area contributed by atoms with E-state index in [-0.39, 0.29) is 4.88 Å². The van der Waals surface area contributed by atoms with E-state index in [2.05, 4.69) is 10.3 Å². The Hall–Kier alpha value is -2.08. The fraction of sp³-hybridized carbons (Fsp3) is 0.167. The smallest absolute Gasteiger partial charge is 0.347 e. The predicted octanol–water partition coefficient (Wildman–Crippen LogP) is 2.90. The number of carbonyl (C=O) groups is 1. The van der Waals surface area contributed by atoms with Crippen LogP contribution in [-0.2, 0) is 0 Å². The van der Waals surface area contributed by atoms with Crippen LogP contribution in [0.3, 0.4) is 0 Å². The van der Waals surface area contributed by atoms with E-state index in [0.717, 1.165) is 22.6 Å². The first kappa shape index (κ1) is 12.4. The number of aromatic carboxylic acids is 1. The van der Waals surface area contributed by atoms with Crippen molar-refractivity contribution in [2.45, 2.75) is 6.92 Å². The third kappa shape index (κ3) is 2.60. The molecule has 0 saturated carbocycles. The second-order valence-corrected chi connectivity index (χ2v) is 4.69. The Balaban J connectivity index is 2.27. The molecule has 18 heavy (non-hydrogen) atoms. The minimum Gasteiger partial charge on any atom is -0.495 e. The van der Waals surface area contributed by atoms with Crippen LogP contribution in [0.5, 0.6) is 5.75 Å². The molecule has 0 radical (unpaired) electrons. The maximum Gasteiger partial charge on any atom is 0.347 e. The zero-order chi connectivity index (χ0) is 13.1. The number of nitrogens with zero attached hydrogens (tertiary/aromatic N) is 1. The fourth-order valence-electron chi connectivity index (χ4n) is 1.47. The van der Waals surface area contributed by atoms with Crippen LogP contribution in [0.15, 0.2) is 24.4 Å². The van der Waals surface area contributed by atoms with E-state index in [0.29, 0.717) is 10.9 Å². The molecule has 0 aliphatic carbocycles. The van der Waals surface area contributed by atoms with Crippen molar-refractivity contribution in [1.82, 2.24) is 4.98 Å². The summed E-state index contributed by atoms with van der Waals surface area (Å²) >= 11 is 1.08. The SMILES string of the molecule is COc1ccc(C)cc1Nc1ncc(C(=O)O)s1. The average molecular weight is 264 g/mol. The molecule has 1 aromatic heterocycles. The lowest BCUT2D eigenvalue weighted by molar-refractivity contribution is 0.0702. The molecule has 1 aromatic carbocycles. The van der Waals surface area contributed by atoms with Gasteiger partial charge in [0.05, 0.1) is 19.0 Å². The highest BCUT2D eigenvalue weighted by atomic mass is 32.1. The lowest BCUT2D eigenvalue weighted by atomic mass is 10.2. The monoisotopic (exact) mass is 264 g/mol. The number of rotatable bonds is 4. The van der Waals surface area contributed by atoms with Gasteiger partial charge in [0.1, 0.15) is 10.6 Å². The van der Waals surface area contributed by atoms with E-state index in [1.165, 1.54) is 6.20 Å². The molecule has 94 valence electrons. The molecule has 0 spiro atoms. The number of carboxylic acids is 1. The summed E-state index contributed by atoms with van der Waals surface area (Å²) in [6.45, 7) is 1.97. The standard InChI is InChI=1S/C12H12N2O3S/c1-7-3-4-9(17-2)8(5-7)14-12-13-6-10(18-12)11(15)16/h3-6H,1-2H3,(H,13,14)(H,15,16). The van der Waals surface area contributed by atoms with Crippen molar-refractivity contribution < 1.29 is 14.6 Å². The highest BCUT2D eigenvalue weighted by Gasteiger charge is 2.10. The van der Waals surface area contributed by atoms with Crippen LogP contribution in [0, 0.1) is 6.92 Å². The number of benzene rings is 1. The number of aromatic nitrogens is 1. The van der Waals surface area contributed by atoms with Crippen LogP contribution in [0.4, 0.5) is 10.8 Å². The van der Waals surface area contributed by atoms with E-state index in [9.17, 15) is 4.79 Å². The molecule has 6 heteroatoms. The van der Waals surface area contributed by atoms with Gasteiger partial charge in [0, 0.05) is 0 Å². The fourth-order valence-corrected chi connectivity index (χ4v) is 2.13. The highest BCUT2D eigenvalue weighted by Crippen LogP contribution is 2.30. The second-order valence-electron chi connectivity index (χ2n) is 3.66. The Morgan fingerprint density at radius 2 is 2.28 bits per heavy atom. The summed E-state index contributed by atoms with van der Waals surface area (Å²) in [4.78, 5) is 15.0. The van der Waals surface area contributed by atoms with Crippen molar-refractivity contribution >= 4 is 28.1 Å². The van der Waals surface area contributed by atoms with E-state index in [1.807, 2.05) is 25.1 Å². The minimum atomic E-state index is -0.975. The summed E-state index contributed by atoms with van der Waals surface area (Å²) in [5, 5.41) is 12.4. The van der Waals surface area contributed by atoms with Crippen LogP contribution in [0.25, 0.3) is 0 Å². The van der Waals surface area contributed by atoms with Crippen LogP contribution in [-0.4, -0.2) is 23.2 Å². The van der Waals surface area contributed by atoms with Crippen molar-refractivity contribution in [1.29, 1.82) is 0 Å². The summed E-state index contributed by atoms with van der Waals surface area (Å²) in [6, 6.07) is 5.71. The quantitative estimate of drug-likeness (QED) is 0.888. The van der Waals surface area contributed by atoms with Gasteiger partial charge in [-0.2, -0.15) is 0 Å². The summed E-state index contributed by atoms with van der Waals surface area (Å²) in [5.41, 5.74) is 1.84. The van der Waals surface area contributed by atoms with Crippen molar-refractivity contribution in [3.05, 3.63) is 34.8 Å². The molecule has 0 aliphatic heterocycles. The molecule has 2 N–H and O–H groups in total. The third-order valence-electron chi connectivity index (χ3n) is 2.31. The molecular weight excluding hydrogens is 252 g/mol. The van der Waals surface area contributed by atoms with Gasteiger partial charge in [0.2, 0.25) is 0 Å². The van der Waals surface area contributed by atoms with Gasteiger partial charge in [-0.05, 0) is 24.6 Å². The zero-order valence-electron chi connectivity index (χ0n) is 9.93. The third-order valence-corrected chi connectivity index (χ3v) is 3.21. The van der Waals surface area contributed by atoms with Crippen molar-refractivity contribution in [3.8, 4) is 5.75 Å². The van der Waals surface area contributed by atoms with E-state index < -0.39 is 5.97 Å². The largest absolute Gasteiger partial charge is 0.495 e. The summed E-state index contributed by atoms with van der Waals surface area (Å²) in [5.74, 6) is -0.288. The van der Waals surface area contributed by atoms with Crippen LogP contribution < -0.4 is 10.1 Å². The second kappa shape index (κ2) is 5.05. The minimum absolute atomic E-state index is 0.198. The van der Waals surface area contributed by atoms with Crippen LogP contribution >= 0.6 is 11.3 Å². The number of nitrogens with one attached hydrogen (secondary N) is 1. The molecule has 0 atom stereocenters. The van der Waals surface area contributed by atoms with Crippen molar-refractivity contribution in [3.63, 3.8) is 0 Å². The number of hydrogen-bond acceptors (Lipinski definition) is 5. The van der Waals surface area contributed by atoms with Crippen molar-refractivity contribution in [2.75, 3.05) is 12.4 Å². The van der Waals surface area contributed by atoms with Gasteiger partial charge in [-0.15, -0.1) is 0 Å². The zero-order valence-corrected chi connectivity index (χ0v) is 10.7. The number of anilines is 2. The Labute approximate surface area is 108 Å². The van der Waals surface area contributed by atoms with Gasteiger partial charge in [0.25, 0.3) is 0 Å².